The van der Waals surface area contributed by atoms with Crippen LogP contribution in [0.2, 0.25) is 0 Å². The standard InChI is InChI=1S/C22H20ClO4PS/c1-18(24)15-16-28(23,19-9-4-2-5-10-19,20-11-6-3-7-12-20)21-13-8-14-22(17-21)29(25,26)27/h2-17H,1H3,(H,25,26,27)/b16-15+/i15D. The number of benzene rings is 3. The fourth-order valence-electron chi connectivity index (χ4n) is 3.24. The third-order valence-electron chi connectivity index (χ3n) is 4.65. The Hall–Kier alpha value is -2.30. The Morgan fingerprint density at radius 2 is 1.41 bits per heavy atom. The maximum atomic E-state index is 12.1. The molecular weight excluding hydrogens is 427 g/mol. The van der Waals surface area contributed by atoms with Gasteiger partial charge in [-0.25, -0.2) is 0 Å². The first-order chi connectivity index (χ1) is 14.1. The molecule has 0 heterocycles. The van der Waals surface area contributed by atoms with Crippen LogP contribution in [0.3, 0.4) is 0 Å². The van der Waals surface area contributed by atoms with Crippen LogP contribution in [-0.2, 0) is 14.9 Å². The molecule has 1 N–H and O–H groups in total. The predicted molar refractivity (Wildman–Crippen MR) is 121 cm³/mol. The molecule has 0 bridgehead atoms. The summed E-state index contributed by atoms with van der Waals surface area (Å²) in [6.45, 7) is 1.28. The fraction of sp³-hybridized carbons (Fsp3) is 0.0455. The van der Waals surface area contributed by atoms with E-state index < -0.39 is 21.9 Å². The normalized spacial score (nSPS) is 14.5. The molecule has 0 amide bonds. The number of carbonyl (C=O) groups excluding carboxylic acids is 1. The van der Waals surface area contributed by atoms with E-state index in [0.717, 1.165) is 0 Å². The fourth-order valence-corrected chi connectivity index (χ4v) is 9.03. The average molecular weight is 448 g/mol. The molecule has 29 heavy (non-hydrogen) atoms. The summed E-state index contributed by atoms with van der Waals surface area (Å²) in [4.78, 5) is 11.7. The van der Waals surface area contributed by atoms with Gasteiger partial charge in [0.2, 0.25) is 0 Å². The number of carbonyl (C=O) groups is 1. The Kier molecular flexibility index (Phi) is 5.41. The molecular formula is C22H20ClO4PS. The van der Waals surface area contributed by atoms with Crippen molar-refractivity contribution in [3.63, 3.8) is 0 Å². The zero-order chi connectivity index (χ0) is 22.0. The molecule has 3 aromatic carbocycles. The molecule has 4 nitrogen and oxygen atoms in total. The van der Waals surface area contributed by atoms with Crippen LogP contribution in [0.5, 0.6) is 0 Å². The van der Waals surface area contributed by atoms with Gasteiger partial charge in [0.05, 0.1) is 0 Å². The summed E-state index contributed by atoms with van der Waals surface area (Å²) in [6.07, 6.45) is 0. The van der Waals surface area contributed by atoms with Crippen LogP contribution >= 0.6 is 17.2 Å². The summed E-state index contributed by atoms with van der Waals surface area (Å²) in [5.74, 6) is -3.17. The first kappa shape index (κ1) is 20.0. The van der Waals surface area contributed by atoms with Gasteiger partial charge in [0.15, 0.2) is 0 Å². The predicted octanol–water partition coefficient (Wildman–Crippen LogP) is 4.02. The maximum absolute atomic E-state index is 12.1. The minimum atomic E-state index is -4.49. The average Bonchev–Trinajstić information content (AvgIpc) is 2.74. The number of rotatable bonds is 6. The molecule has 0 fully saturated rings. The number of halogens is 1. The molecule has 0 aliphatic rings. The molecule has 0 aliphatic heterocycles. The van der Waals surface area contributed by atoms with Crippen molar-refractivity contribution in [2.75, 3.05) is 0 Å². The second-order valence-corrected chi connectivity index (χ2v) is 14.0. The van der Waals surface area contributed by atoms with Gasteiger partial charge < -0.3 is 0 Å². The Bertz CT molecular complexity index is 1190. The third-order valence-corrected chi connectivity index (χ3v) is 12.1. The quantitative estimate of drug-likeness (QED) is 0.352. The van der Waals surface area contributed by atoms with Crippen LogP contribution in [-0.4, -0.2) is 18.8 Å². The molecule has 0 unspecified atom stereocenters. The van der Waals surface area contributed by atoms with Crippen molar-refractivity contribution in [3.8, 4) is 0 Å². The van der Waals surface area contributed by atoms with Gasteiger partial charge in [-0.1, -0.05) is 0 Å². The summed E-state index contributed by atoms with van der Waals surface area (Å²) in [5.41, 5.74) is 0. The Balaban J connectivity index is 2.57. The molecule has 0 saturated carbocycles. The SMILES string of the molecule is [2H]/C(=C\P(Cl)(c1ccccc1)(c1ccccc1)c1cccc(S(=O)(=O)O)c1)C(C)=O. The van der Waals surface area contributed by atoms with Crippen LogP contribution < -0.4 is 15.9 Å². The number of ketones is 1. The second kappa shape index (κ2) is 7.85. The van der Waals surface area contributed by atoms with Gasteiger partial charge in [-0.05, 0) is 0 Å². The van der Waals surface area contributed by atoms with Gasteiger partial charge in [0, 0.05) is 0 Å². The second-order valence-electron chi connectivity index (χ2n) is 6.55. The van der Waals surface area contributed by atoms with Gasteiger partial charge in [-0.2, -0.15) is 0 Å². The van der Waals surface area contributed by atoms with E-state index in [2.05, 4.69) is 0 Å². The topological polar surface area (TPSA) is 71.4 Å². The van der Waals surface area contributed by atoms with Crippen LogP contribution in [0.15, 0.2) is 102 Å². The monoisotopic (exact) mass is 447 g/mol. The molecule has 150 valence electrons. The number of hydrogen-bond acceptors (Lipinski definition) is 3. The van der Waals surface area contributed by atoms with Gasteiger partial charge in [-0.3, -0.25) is 0 Å². The van der Waals surface area contributed by atoms with Crippen LogP contribution in [0.4, 0.5) is 0 Å². The minimum absolute atomic E-state index is 0.285. The molecule has 7 heteroatoms. The molecule has 0 spiro atoms. The van der Waals surface area contributed by atoms with Gasteiger partial charge in [-0.15, -0.1) is 0 Å². The van der Waals surface area contributed by atoms with E-state index in [-0.39, 0.29) is 10.9 Å². The van der Waals surface area contributed by atoms with E-state index in [1.54, 1.807) is 54.6 Å². The first-order valence-corrected chi connectivity index (χ1v) is 13.4. The van der Waals surface area contributed by atoms with Gasteiger partial charge in [0.25, 0.3) is 0 Å². The van der Waals surface area contributed by atoms with Crippen molar-refractivity contribution < 1.29 is 19.1 Å². The summed E-state index contributed by atoms with van der Waals surface area (Å²) >= 11 is 7.64. The van der Waals surface area contributed by atoms with E-state index in [4.69, 9.17) is 12.6 Å². The molecule has 0 atom stereocenters. The Labute approximate surface area is 176 Å². The molecule has 3 aromatic rings. The van der Waals surface area contributed by atoms with Crippen LogP contribution in [0.25, 0.3) is 0 Å². The number of hydrogen-bond donors (Lipinski definition) is 1. The van der Waals surface area contributed by atoms with E-state index in [1.165, 1.54) is 30.9 Å². The van der Waals surface area contributed by atoms with Crippen molar-refractivity contribution in [1.29, 1.82) is 0 Å². The van der Waals surface area contributed by atoms with Gasteiger partial charge in [0.1, 0.15) is 0 Å². The summed E-state index contributed by atoms with van der Waals surface area (Å²) in [7, 11) is -4.49. The molecule has 3 rings (SSSR count). The third kappa shape index (κ3) is 3.92. The summed E-state index contributed by atoms with van der Waals surface area (Å²) < 4.78 is 41.6. The first-order valence-electron chi connectivity index (χ1n) is 9.20. The summed E-state index contributed by atoms with van der Waals surface area (Å²) in [6, 6.07) is 23.4. The van der Waals surface area contributed by atoms with Crippen LogP contribution in [0.1, 0.15) is 8.29 Å². The molecule has 0 aliphatic carbocycles. The van der Waals surface area contributed by atoms with Crippen molar-refractivity contribution in [2.24, 2.45) is 0 Å². The molecule has 0 saturated heterocycles. The number of allylic oxidation sites excluding steroid dienone is 1. The van der Waals surface area contributed by atoms with Crippen molar-refractivity contribution in [3.05, 3.63) is 96.8 Å². The van der Waals surface area contributed by atoms with Crippen molar-refractivity contribution in [1.82, 2.24) is 0 Å². The van der Waals surface area contributed by atoms with Crippen LogP contribution in [0, 0.1) is 0 Å². The Morgan fingerprint density at radius 1 is 0.931 bits per heavy atom. The van der Waals surface area contributed by atoms with E-state index in [9.17, 15) is 17.8 Å². The van der Waals surface area contributed by atoms with E-state index >= 15 is 0 Å². The Morgan fingerprint density at radius 3 is 1.86 bits per heavy atom. The zero-order valence-corrected chi connectivity index (χ0v) is 18.0. The van der Waals surface area contributed by atoms with E-state index in [0.29, 0.717) is 15.9 Å². The molecule has 0 aromatic heterocycles. The van der Waals surface area contributed by atoms with E-state index in [1.807, 2.05) is 12.1 Å². The van der Waals surface area contributed by atoms with Gasteiger partial charge >= 0.3 is 177 Å². The van der Waals surface area contributed by atoms with Crippen molar-refractivity contribution in [2.45, 2.75) is 11.8 Å². The zero-order valence-electron chi connectivity index (χ0n) is 16.6. The summed E-state index contributed by atoms with van der Waals surface area (Å²) in [5, 5.41) is 1.66. The van der Waals surface area contributed by atoms with Crippen molar-refractivity contribution >= 4 is 49.0 Å². The molecule has 0 radical (unpaired) electrons.